The topological polar surface area (TPSA) is 68.6 Å². The number of benzene rings is 1. The molecule has 3 aliphatic heterocycles. The Hall–Kier alpha value is -2.45. The molecule has 0 saturated carbocycles. The van der Waals surface area contributed by atoms with Crippen molar-refractivity contribution in [2.45, 2.75) is 25.4 Å². The predicted octanol–water partition coefficient (Wildman–Crippen LogP) is 2.25. The van der Waals surface area contributed by atoms with Gasteiger partial charge in [-0.15, -0.1) is 0 Å². The summed E-state index contributed by atoms with van der Waals surface area (Å²) in [6.07, 6.45) is 5.67. The summed E-state index contributed by atoms with van der Waals surface area (Å²) in [4.78, 5) is 15.5. The van der Waals surface area contributed by atoms with Gasteiger partial charge in [0.05, 0.1) is 19.1 Å². The SMILES string of the molecule is O=C(NCCn1cccn1)[C@@H]1CN(CC2CCOCC2)[C@H]2c3cc(F)ccc3OC[C@@H]12. The molecular formula is C23H29FN4O3. The molecule has 0 spiro atoms. The molecular weight excluding hydrogens is 399 g/mol. The van der Waals surface area contributed by atoms with E-state index in [1.165, 1.54) is 6.07 Å². The summed E-state index contributed by atoms with van der Waals surface area (Å²) in [5, 5.41) is 7.26. The van der Waals surface area contributed by atoms with E-state index in [0.29, 0.717) is 32.2 Å². The molecule has 0 unspecified atom stereocenters. The first-order valence-corrected chi connectivity index (χ1v) is 11.2. The van der Waals surface area contributed by atoms with Gasteiger partial charge in [-0.1, -0.05) is 0 Å². The molecule has 3 aliphatic rings. The highest BCUT2D eigenvalue weighted by Crippen LogP contribution is 2.48. The van der Waals surface area contributed by atoms with E-state index in [0.717, 1.165) is 43.9 Å². The molecule has 1 aromatic carbocycles. The lowest BCUT2D eigenvalue weighted by atomic mass is 9.84. The van der Waals surface area contributed by atoms with Crippen molar-refractivity contribution in [3.63, 3.8) is 0 Å². The molecule has 1 aromatic heterocycles. The average Bonchev–Trinajstić information content (AvgIpc) is 3.42. The molecule has 0 aliphatic carbocycles. The molecule has 1 amide bonds. The van der Waals surface area contributed by atoms with Crippen LogP contribution in [0.4, 0.5) is 4.39 Å². The third-order valence-corrected chi connectivity index (χ3v) is 6.84. The van der Waals surface area contributed by atoms with Gasteiger partial charge >= 0.3 is 0 Å². The second kappa shape index (κ2) is 8.96. The summed E-state index contributed by atoms with van der Waals surface area (Å²) in [6, 6.07) is 6.61. The second-order valence-corrected chi connectivity index (χ2v) is 8.78. The normalized spacial score (nSPS) is 26.2. The summed E-state index contributed by atoms with van der Waals surface area (Å²) >= 11 is 0. The first-order valence-electron chi connectivity index (χ1n) is 11.2. The molecule has 2 aromatic rings. The van der Waals surface area contributed by atoms with Crippen LogP contribution >= 0.6 is 0 Å². The number of halogens is 1. The number of hydrogen-bond acceptors (Lipinski definition) is 5. The minimum atomic E-state index is -0.263. The molecule has 0 bridgehead atoms. The van der Waals surface area contributed by atoms with Crippen molar-refractivity contribution in [2.75, 3.05) is 39.5 Å². The Morgan fingerprint density at radius 1 is 1.29 bits per heavy atom. The molecule has 4 heterocycles. The number of aromatic nitrogens is 2. The smallest absolute Gasteiger partial charge is 0.224 e. The van der Waals surface area contributed by atoms with E-state index in [2.05, 4.69) is 15.3 Å². The third kappa shape index (κ3) is 4.32. The molecule has 31 heavy (non-hydrogen) atoms. The van der Waals surface area contributed by atoms with Gasteiger partial charge < -0.3 is 14.8 Å². The van der Waals surface area contributed by atoms with Crippen LogP contribution in [0.1, 0.15) is 24.4 Å². The molecule has 3 atom stereocenters. The fourth-order valence-electron chi connectivity index (χ4n) is 5.28. The zero-order valence-corrected chi connectivity index (χ0v) is 17.6. The third-order valence-electron chi connectivity index (χ3n) is 6.84. The van der Waals surface area contributed by atoms with Crippen LogP contribution in [0.5, 0.6) is 5.75 Å². The number of rotatable bonds is 6. The Morgan fingerprint density at radius 2 is 2.16 bits per heavy atom. The number of hydrogen-bond donors (Lipinski definition) is 1. The first kappa shape index (κ1) is 20.5. The number of ether oxygens (including phenoxy) is 2. The van der Waals surface area contributed by atoms with Crippen molar-refractivity contribution in [2.24, 2.45) is 17.8 Å². The molecule has 166 valence electrons. The summed E-state index contributed by atoms with van der Waals surface area (Å²) in [5.74, 6) is 0.884. The van der Waals surface area contributed by atoms with Gasteiger partial charge in [0.15, 0.2) is 0 Å². The van der Waals surface area contributed by atoms with E-state index < -0.39 is 0 Å². The molecule has 2 fully saturated rings. The molecule has 2 saturated heterocycles. The van der Waals surface area contributed by atoms with E-state index in [1.54, 1.807) is 23.0 Å². The summed E-state index contributed by atoms with van der Waals surface area (Å²) in [5.41, 5.74) is 0.871. The summed E-state index contributed by atoms with van der Waals surface area (Å²) < 4.78 is 27.4. The van der Waals surface area contributed by atoms with E-state index in [4.69, 9.17) is 9.47 Å². The second-order valence-electron chi connectivity index (χ2n) is 8.78. The van der Waals surface area contributed by atoms with Crippen LogP contribution in [-0.4, -0.2) is 60.0 Å². The highest BCUT2D eigenvalue weighted by Gasteiger charge is 2.49. The van der Waals surface area contributed by atoms with Crippen molar-refractivity contribution in [1.29, 1.82) is 0 Å². The number of nitrogens with one attached hydrogen (secondary N) is 1. The van der Waals surface area contributed by atoms with Gasteiger partial charge in [-0.25, -0.2) is 4.39 Å². The summed E-state index contributed by atoms with van der Waals surface area (Å²) in [6.45, 7) is 4.79. The molecule has 8 heteroatoms. The van der Waals surface area contributed by atoms with Crippen molar-refractivity contribution in [3.8, 4) is 5.75 Å². The van der Waals surface area contributed by atoms with Crippen LogP contribution in [0.3, 0.4) is 0 Å². The maximum Gasteiger partial charge on any atom is 0.224 e. The van der Waals surface area contributed by atoms with E-state index in [9.17, 15) is 9.18 Å². The lowest BCUT2D eigenvalue weighted by Crippen LogP contribution is -2.39. The van der Waals surface area contributed by atoms with Gasteiger partial charge in [-0.05, 0) is 43.0 Å². The highest BCUT2D eigenvalue weighted by atomic mass is 19.1. The minimum absolute atomic E-state index is 0.00385. The minimum Gasteiger partial charge on any atom is -0.493 e. The Kier molecular flexibility index (Phi) is 5.91. The van der Waals surface area contributed by atoms with E-state index >= 15 is 0 Å². The Morgan fingerprint density at radius 3 is 2.97 bits per heavy atom. The predicted molar refractivity (Wildman–Crippen MR) is 112 cm³/mol. The van der Waals surface area contributed by atoms with Crippen LogP contribution < -0.4 is 10.1 Å². The largest absolute Gasteiger partial charge is 0.493 e. The number of likely N-dealkylation sites (tertiary alicyclic amines) is 1. The standard InChI is InChI=1S/C23H29FN4O3/c24-17-2-3-21-18(12-17)22-20(15-31-21)19(14-27(22)13-16-4-10-30-11-5-16)23(29)25-7-9-28-8-1-6-26-28/h1-3,6,8,12,16,19-20,22H,4-5,7,9-11,13-15H2,(H,25,29)/t19-,20+,22+/m1/s1. The van der Waals surface area contributed by atoms with Crippen LogP contribution in [0, 0.1) is 23.6 Å². The summed E-state index contributed by atoms with van der Waals surface area (Å²) in [7, 11) is 0. The molecule has 7 nitrogen and oxygen atoms in total. The molecule has 0 radical (unpaired) electrons. The van der Waals surface area contributed by atoms with Gasteiger partial charge in [-0.3, -0.25) is 14.4 Å². The van der Waals surface area contributed by atoms with Crippen molar-refractivity contribution >= 4 is 5.91 Å². The first-order chi connectivity index (χ1) is 15.2. The molecule has 5 rings (SSSR count). The lowest BCUT2D eigenvalue weighted by Gasteiger charge is -2.36. The fourth-order valence-corrected chi connectivity index (χ4v) is 5.28. The number of fused-ring (bicyclic) bond motifs is 3. The van der Waals surface area contributed by atoms with Crippen molar-refractivity contribution in [3.05, 3.63) is 48.0 Å². The van der Waals surface area contributed by atoms with Crippen LogP contribution in [0.15, 0.2) is 36.7 Å². The van der Waals surface area contributed by atoms with Crippen LogP contribution in [0.25, 0.3) is 0 Å². The van der Waals surface area contributed by atoms with Gasteiger partial charge in [0.25, 0.3) is 0 Å². The number of carbonyl (C=O) groups excluding carboxylic acids is 1. The fraction of sp³-hybridized carbons (Fsp3) is 0.565. The van der Waals surface area contributed by atoms with Gasteiger partial charge in [-0.2, -0.15) is 5.10 Å². The van der Waals surface area contributed by atoms with E-state index in [-0.39, 0.29) is 29.6 Å². The lowest BCUT2D eigenvalue weighted by molar-refractivity contribution is -0.126. The zero-order chi connectivity index (χ0) is 21.2. The zero-order valence-electron chi connectivity index (χ0n) is 17.6. The van der Waals surface area contributed by atoms with Gasteiger partial charge in [0, 0.05) is 62.8 Å². The quantitative estimate of drug-likeness (QED) is 0.764. The Labute approximate surface area is 181 Å². The number of carbonyl (C=O) groups is 1. The molecule has 1 N–H and O–H groups in total. The Balaban J connectivity index is 1.33. The van der Waals surface area contributed by atoms with Crippen molar-refractivity contribution < 1.29 is 18.7 Å². The van der Waals surface area contributed by atoms with Gasteiger partial charge in [0.2, 0.25) is 5.91 Å². The average molecular weight is 429 g/mol. The van der Waals surface area contributed by atoms with Crippen molar-refractivity contribution in [1.82, 2.24) is 20.0 Å². The van der Waals surface area contributed by atoms with E-state index in [1.807, 2.05) is 12.3 Å². The number of nitrogens with zero attached hydrogens (tertiary/aromatic N) is 3. The highest BCUT2D eigenvalue weighted by molar-refractivity contribution is 5.80. The maximum absolute atomic E-state index is 14.1. The van der Waals surface area contributed by atoms with Crippen LogP contribution in [-0.2, 0) is 16.1 Å². The van der Waals surface area contributed by atoms with Gasteiger partial charge in [0.1, 0.15) is 11.6 Å². The Bertz CT molecular complexity index is 900. The van der Waals surface area contributed by atoms with Crippen LogP contribution in [0.2, 0.25) is 0 Å². The maximum atomic E-state index is 14.1. The number of amides is 1. The monoisotopic (exact) mass is 428 g/mol.